The third kappa shape index (κ3) is 20.3. The van der Waals surface area contributed by atoms with Crippen molar-refractivity contribution in [2.45, 2.75) is 41.0 Å². The summed E-state index contributed by atoms with van der Waals surface area (Å²) >= 11 is 0. The van der Waals surface area contributed by atoms with Crippen molar-refractivity contribution in [3.05, 3.63) is 0 Å². The Morgan fingerprint density at radius 1 is 0.545 bits per heavy atom. The van der Waals surface area contributed by atoms with E-state index in [4.69, 9.17) is 15.3 Å². The Kier molecular flexibility index (Phi) is 20.6. The molecule has 1 aliphatic heterocycles. The van der Waals surface area contributed by atoms with Crippen molar-refractivity contribution in [3.63, 3.8) is 0 Å². The first-order chi connectivity index (χ1) is 15.6. The monoisotopic (exact) mass is 476 g/mol. The average molecular weight is 477 g/mol. The van der Waals surface area contributed by atoms with E-state index in [0.717, 1.165) is 0 Å². The van der Waals surface area contributed by atoms with Crippen molar-refractivity contribution in [2.24, 2.45) is 0 Å². The second kappa shape index (κ2) is 20.5. The van der Waals surface area contributed by atoms with Gasteiger partial charge in [-0.25, -0.2) is 0 Å². The maximum atomic E-state index is 11.5. The van der Waals surface area contributed by atoms with Crippen LogP contribution in [-0.2, 0) is 19.2 Å². The second-order valence-corrected chi connectivity index (χ2v) is 7.69. The van der Waals surface area contributed by atoms with Gasteiger partial charge >= 0.3 is 17.9 Å². The molecular weight excluding hydrogens is 432 g/mol. The van der Waals surface area contributed by atoms with Crippen LogP contribution in [0.25, 0.3) is 0 Å². The van der Waals surface area contributed by atoms with Crippen molar-refractivity contribution >= 4 is 23.7 Å². The summed E-state index contributed by atoms with van der Waals surface area (Å²) in [5.74, 6) is -2.95. The number of hydrogen-bond acceptors (Lipinski definition) is 8. The number of rotatable bonds is 8. The fourth-order valence-corrected chi connectivity index (χ4v) is 3.10. The summed E-state index contributed by atoms with van der Waals surface area (Å²) < 4.78 is 0. The molecule has 0 aliphatic carbocycles. The van der Waals surface area contributed by atoms with Crippen LogP contribution in [0.5, 0.6) is 0 Å². The number of ketones is 1. The molecule has 1 aliphatic rings. The van der Waals surface area contributed by atoms with Crippen LogP contribution in [0, 0.1) is 0 Å². The maximum Gasteiger partial charge on any atom is 0.317 e. The van der Waals surface area contributed by atoms with Gasteiger partial charge in [-0.2, -0.15) is 0 Å². The van der Waals surface area contributed by atoms with E-state index >= 15 is 0 Å². The molecule has 194 valence electrons. The maximum absolute atomic E-state index is 11.5. The van der Waals surface area contributed by atoms with Gasteiger partial charge < -0.3 is 15.3 Å². The molecule has 33 heavy (non-hydrogen) atoms. The van der Waals surface area contributed by atoms with Crippen LogP contribution in [0.1, 0.15) is 41.0 Å². The SMILES string of the molecule is CC.CC(=O)CN1CCN(CC(=O)O)CCN(CC(=O)O)CCN(CC(=O)O)CC1.CCC. The molecule has 11 heteroatoms. The minimum Gasteiger partial charge on any atom is -0.480 e. The first kappa shape index (κ1) is 33.1. The molecule has 1 fully saturated rings. The number of Topliss-reactive ketones (excluding diaryl/α,β-unsaturated/α-hetero) is 1. The molecule has 1 rings (SSSR count). The van der Waals surface area contributed by atoms with E-state index in [-0.39, 0.29) is 32.0 Å². The molecule has 0 atom stereocenters. The molecule has 0 amide bonds. The van der Waals surface area contributed by atoms with Gasteiger partial charge in [0.25, 0.3) is 0 Å². The third-order valence-corrected chi connectivity index (χ3v) is 4.45. The summed E-state index contributed by atoms with van der Waals surface area (Å²) in [6.07, 6.45) is 1.25. The van der Waals surface area contributed by atoms with E-state index < -0.39 is 17.9 Å². The molecule has 0 bridgehead atoms. The standard InChI is InChI=1S/C17H30N4O7.C3H8.C2H6/c1-14(22)10-18-2-4-19(11-15(23)24)6-8-21(13-17(27)28)9-7-20(5-3-18)12-16(25)26;1-3-2;1-2/h2-13H2,1H3,(H,23,24)(H,25,26)(H,27,28);3H2,1-2H3;1-2H3. The zero-order valence-electron chi connectivity index (χ0n) is 21.0. The minimum atomic E-state index is -0.991. The van der Waals surface area contributed by atoms with Crippen LogP contribution in [0.4, 0.5) is 0 Å². The summed E-state index contributed by atoms with van der Waals surface area (Å²) in [6.45, 7) is 12.6. The lowest BCUT2D eigenvalue weighted by Gasteiger charge is -2.32. The van der Waals surface area contributed by atoms with Gasteiger partial charge in [-0.05, 0) is 6.92 Å². The van der Waals surface area contributed by atoms with Crippen LogP contribution in [0.3, 0.4) is 0 Å². The lowest BCUT2D eigenvalue weighted by molar-refractivity contribution is -0.140. The van der Waals surface area contributed by atoms with Crippen LogP contribution >= 0.6 is 0 Å². The fourth-order valence-electron chi connectivity index (χ4n) is 3.10. The Morgan fingerprint density at radius 3 is 0.879 bits per heavy atom. The molecule has 1 saturated heterocycles. The smallest absolute Gasteiger partial charge is 0.317 e. The van der Waals surface area contributed by atoms with E-state index in [0.29, 0.717) is 52.4 Å². The first-order valence-corrected chi connectivity index (χ1v) is 11.6. The van der Waals surface area contributed by atoms with E-state index in [2.05, 4.69) is 13.8 Å². The van der Waals surface area contributed by atoms with Crippen molar-refractivity contribution < 1.29 is 34.5 Å². The normalized spacial score (nSPS) is 17.2. The second-order valence-electron chi connectivity index (χ2n) is 7.69. The Bertz CT molecular complexity index is 463. The molecule has 0 aromatic rings. The highest BCUT2D eigenvalue weighted by atomic mass is 16.4. The van der Waals surface area contributed by atoms with Crippen LogP contribution in [0.15, 0.2) is 0 Å². The fraction of sp³-hybridized carbons (Fsp3) is 0.818. The highest BCUT2D eigenvalue weighted by Gasteiger charge is 2.20. The summed E-state index contributed by atoms with van der Waals surface area (Å²) in [5.41, 5.74) is 0. The summed E-state index contributed by atoms with van der Waals surface area (Å²) in [5, 5.41) is 27.3. The number of hydrogen-bond donors (Lipinski definition) is 3. The molecule has 1 heterocycles. The quantitative estimate of drug-likeness (QED) is 0.450. The lowest BCUT2D eigenvalue weighted by atomic mass is 10.3. The number of nitrogens with zero attached hydrogens (tertiary/aromatic N) is 4. The van der Waals surface area contributed by atoms with Crippen molar-refractivity contribution in [2.75, 3.05) is 78.5 Å². The third-order valence-electron chi connectivity index (χ3n) is 4.45. The topological polar surface area (TPSA) is 142 Å². The molecule has 0 aromatic carbocycles. The molecule has 0 radical (unpaired) electrons. The average Bonchev–Trinajstić information content (AvgIpc) is 2.70. The molecule has 3 N–H and O–H groups in total. The molecule has 0 unspecified atom stereocenters. The molecule has 0 spiro atoms. The van der Waals surface area contributed by atoms with Gasteiger partial charge in [-0.3, -0.25) is 38.8 Å². The van der Waals surface area contributed by atoms with Crippen molar-refractivity contribution in [1.82, 2.24) is 19.6 Å². The number of carboxylic acids is 3. The highest BCUT2D eigenvalue weighted by Crippen LogP contribution is 2.01. The lowest BCUT2D eigenvalue weighted by Crippen LogP contribution is -2.49. The Balaban J connectivity index is 0. The van der Waals surface area contributed by atoms with Crippen molar-refractivity contribution in [1.29, 1.82) is 0 Å². The number of carbonyl (C=O) groups excluding carboxylic acids is 1. The minimum absolute atomic E-state index is 0.0192. The highest BCUT2D eigenvalue weighted by molar-refractivity contribution is 5.77. The number of carbonyl (C=O) groups is 4. The van der Waals surface area contributed by atoms with Gasteiger partial charge in [0.05, 0.1) is 26.2 Å². The summed E-state index contributed by atoms with van der Waals surface area (Å²) in [4.78, 5) is 51.9. The summed E-state index contributed by atoms with van der Waals surface area (Å²) in [6, 6.07) is 0. The van der Waals surface area contributed by atoms with E-state index in [1.807, 2.05) is 18.7 Å². The van der Waals surface area contributed by atoms with Gasteiger partial charge in [0.2, 0.25) is 0 Å². The Hall–Kier alpha value is -2.08. The van der Waals surface area contributed by atoms with Crippen molar-refractivity contribution in [3.8, 4) is 0 Å². The van der Waals surface area contributed by atoms with Gasteiger partial charge in [-0.15, -0.1) is 0 Å². The van der Waals surface area contributed by atoms with Gasteiger partial charge in [0.15, 0.2) is 0 Å². The van der Waals surface area contributed by atoms with E-state index in [1.54, 1.807) is 14.7 Å². The van der Waals surface area contributed by atoms with Gasteiger partial charge in [0, 0.05) is 52.4 Å². The van der Waals surface area contributed by atoms with E-state index in [9.17, 15) is 19.2 Å². The van der Waals surface area contributed by atoms with Crippen LogP contribution in [0.2, 0.25) is 0 Å². The summed E-state index contributed by atoms with van der Waals surface area (Å²) in [7, 11) is 0. The Labute approximate surface area is 197 Å². The largest absolute Gasteiger partial charge is 0.480 e. The molecule has 0 aromatic heterocycles. The molecular formula is C22H44N4O7. The zero-order valence-corrected chi connectivity index (χ0v) is 21.0. The number of carboxylic acid groups (broad SMARTS) is 3. The predicted octanol–water partition coefficient (Wildman–Crippen LogP) is 0.493. The van der Waals surface area contributed by atoms with Gasteiger partial charge in [0.1, 0.15) is 5.78 Å². The number of aliphatic carboxylic acids is 3. The molecule has 11 nitrogen and oxygen atoms in total. The first-order valence-electron chi connectivity index (χ1n) is 11.6. The van der Waals surface area contributed by atoms with E-state index in [1.165, 1.54) is 13.3 Å². The Morgan fingerprint density at radius 2 is 0.727 bits per heavy atom. The molecule has 0 saturated carbocycles. The van der Waals surface area contributed by atoms with Crippen LogP contribution in [-0.4, -0.2) is 137 Å². The zero-order chi connectivity index (χ0) is 25.8. The predicted molar refractivity (Wildman–Crippen MR) is 127 cm³/mol. The van der Waals surface area contributed by atoms with Crippen LogP contribution < -0.4 is 0 Å². The van der Waals surface area contributed by atoms with Gasteiger partial charge in [-0.1, -0.05) is 34.1 Å².